The Balaban J connectivity index is 2.07. The molecule has 4 nitrogen and oxygen atoms in total. The number of anilines is 1. The normalized spacial score (nSPS) is 10.2. The molecular weight excluding hydrogens is 302 g/mol. The van der Waals surface area contributed by atoms with Gasteiger partial charge in [0.25, 0.3) is 5.91 Å². The number of hydrogen-bond acceptors (Lipinski definition) is 4. The first kappa shape index (κ1) is 12.1. The lowest BCUT2D eigenvalue weighted by Crippen LogP contribution is -2.23. The minimum absolute atomic E-state index is 0.195. The Bertz CT molecular complexity index is 528. The number of para-hydroxylation sites is 1. The number of halogens is 1. The summed E-state index contributed by atoms with van der Waals surface area (Å²) in [6.07, 6.45) is 1.71. The molecule has 0 saturated heterocycles. The lowest BCUT2D eigenvalue weighted by molar-refractivity contribution is 0.0951. The van der Waals surface area contributed by atoms with Crippen molar-refractivity contribution in [3.05, 3.63) is 44.8 Å². The number of carbonyl (C=O) groups excluding carboxylic acids is 1. The van der Waals surface area contributed by atoms with Crippen LogP contribution in [0, 0.1) is 0 Å². The van der Waals surface area contributed by atoms with Crippen molar-refractivity contribution in [1.82, 2.24) is 10.3 Å². The van der Waals surface area contributed by atoms with Crippen LogP contribution >= 0.6 is 27.3 Å². The highest BCUT2D eigenvalue weighted by molar-refractivity contribution is 9.10. The first-order chi connectivity index (χ1) is 8.18. The van der Waals surface area contributed by atoms with Crippen LogP contribution in [-0.2, 0) is 6.54 Å². The molecule has 0 radical (unpaired) electrons. The molecule has 17 heavy (non-hydrogen) atoms. The van der Waals surface area contributed by atoms with Gasteiger partial charge in [-0.25, -0.2) is 4.98 Å². The second-order valence-corrected chi connectivity index (χ2v) is 5.14. The summed E-state index contributed by atoms with van der Waals surface area (Å²) in [6, 6.07) is 5.27. The molecule has 2 rings (SSSR count). The summed E-state index contributed by atoms with van der Waals surface area (Å²) in [5, 5.41) is 5.52. The van der Waals surface area contributed by atoms with Gasteiger partial charge in [0.15, 0.2) is 0 Å². The van der Waals surface area contributed by atoms with E-state index in [4.69, 9.17) is 5.73 Å². The smallest absolute Gasteiger partial charge is 0.253 e. The molecule has 88 valence electrons. The van der Waals surface area contributed by atoms with Crippen molar-refractivity contribution in [3.63, 3.8) is 0 Å². The summed E-state index contributed by atoms with van der Waals surface area (Å²) in [7, 11) is 0. The summed E-state index contributed by atoms with van der Waals surface area (Å²) in [6.45, 7) is 0.419. The number of nitrogens with one attached hydrogen (secondary N) is 1. The van der Waals surface area contributed by atoms with Crippen LogP contribution in [0.25, 0.3) is 0 Å². The van der Waals surface area contributed by atoms with Gasteiger partial charge in [-0.2, -0.15) is 0 Å². The number of nitrogens with two attached hydrogens (primary N) is 1. The lowest BCUT2D eigenvalue weighted by atomic mass is 10.1. The molecule has 0 aliphatic carbocycles. The number of thiazole rings is 1. The molecule has 2 aromatic rings. The van der Waals surface area contributed by atoms with Gasteiger partial charge < -0.3 is 11.1 Å². The standard InChI is InChI=1S/C11H10BrN3OS/c12-8-3-1-2-7(10(8)13)11(16)15-6-9-14-4-5-17-9/h1-5H,6,13H2,(H,15,16). The summed E-state index contributed by atoms with van der Waals surface area (Å²) in [5.41, 5.74) is 6.73. The maximum absolute atomic E-state index is 11.9. The van der Waals surface area contributed by atoms with Crippen molar-refractivity contribution < 1.29 is 4.79 Å². The number of nitrogen functional groups attached to an aromatic ring is 1. The molecule has 0 aliphatic heterocycles. The van der Waals surface area contributed by atoms with Crippen LogP contribution in [0.2, 0.25) is 0 Å². The minimum atomic E-state index is -0.195. The van der Waals surface area contributed by atoms with E-state index in [1.165, 1.54) is 11.3 Å². The fourth-order valence-corrected chi connectivity index (χ4v) is 2.25. The van der Waals surface area contributed by atoms with E-state index in [-0.39, 0.29) is 5.91 Å². The van der Waals surface area contributed by atoms with Crippen LogP contribution in [-0.4, -0.2) is 10.9 Å². The third-order valence-corrected chi connectivity index (χ3v) is 3.65. The molecule has 1 heterocycles. The van der Waals surface area contributed by atoms with Crippen LogP contribution in [0.4, 0.5) is 5.69 Å². The Morgan fingerprint density at radius 3 is 3.06 bits per heavy atom. The molecular formula is C11H10BrN3OS. The second kappa shape index (κ2) is 5.29. The van der Waals surface area contributed by atoms with Crippen molar-refractivity contribution in [2.75, 3.05) is 5.73 Å². The highest BCUT2D eigenvalue weighted by Crippen LogP contribution is 2.22. The van der Waals surface area contributed by atoms with Crippen molar-refractivity contribution in [2.24, 2.45) is 0 Å². The summed E-state index contributed by atoms with van der Waals surface area (Å²) < 4.78 is 0.722. The zero-order chi connectivity index (χ0) is 12.3. The Kier molecular flexibility index (Phi) is 3.75. The molecule has 6 heteroatoms. The molecule has 1 aromatic heterocycles. The molecule has 0 aliphatic rings. The molecule has 0 fully saturated rings. The lowest BCUT2D eigenvalue weighted by Gasteiger charge is -2.07. The molecule has 0 spiro atoms. The third kappa shape index (κ3) is 2.83. The monoisotopic (exact) mass is 311 g/mol. The van der Waals surface area contributed by atoms with Gasteiger partial charge in [-0.1, -0.05) is 6.07 Å². The Morgan fingerprint density at radius 1 is 1.53 bits per heavy atom. The van der Waals surface area contributed by atoms with Gasteiger partial charge in [0.2, 0.25) is 0 Å². The predicted octanol–water partition coefficient (Wildman–Crippen LogP) is 2.42. The fraction of sp³-hybridized carbons (Fsp3) is 0.0909. The zero-order valence-electron chi connectivity index (χ0n) is 8.81. The maximum atomic E-state index is 11.9. The van der Waals surface area contributed by atoms with Gasteiger partial charge in [0, 0.05) is 16.0 Å². The molecule has 0 atom stereocenters. The van der Waals surface area contributed by atoms with E-state index in [0.29, 0.717) is 17.8 Å². The van der Waals surface area contributed by atoms with Gasteiger partial charge in [-0.15, -0.1) is 11.3 Å². The molecule has 0 saturated carbocycles. The van der Waals surface area contributed by atoms with Crippen molar-refractivity contribution >= 4 is 38.9 Å². The molecule has 0 bridgehead atoms. The summed E-state index contributed by atoms with van der Waals surface area (Å²) in [5.74, 6) is -0.195. The van der Waals surface area contributed by atoms with Crippen LogP contribution in [0.15, 0.2) is 34.2 Å². The second-order valence-electron chi connectivity index (χ2n) is 3.31. The largest absolute Gasteiger partial charge is 0.397 e. The number of carbonyl (C=O) groups is 1. The Hall–Kier alpha value is -1.40. The van der Waals surface area contributed by atoms with E-state index >= 15 is 0 Å². The average Bonchev–Trinajstić information content (AvgIpc) is 2.82. The number of rotatable bonds is 3. The quantitative estimate of drug-likeness (QED) is 0.855. The minimum Gasteiger partial charge on any atom is -0.397 e. The van der Waals surface area contributed by atoms with Gasteiger partial charge in [0.05, 0.1) is 17.8 Å². The average molecular weight is 312 g/mol. The van der Waals surface area contributed by atoms with E-state index in [1.807, 2.05) is 5.38 Å². The van der Waals surface area contributed by atoms with Crippen molar-refractivity contribution in [3.8, 4) is 0 Å². The number of hydrogen-bond donors (Lipinski definition) is 2. The zero-order valence-corrected chi connectivity index (χ0v) is 11.2. The Morgan fingerprint density at radius 2 is 2.35 bits per heavy atom. The van der Waals surface area contributed by atoms with Gasteiger partial charge in [0.1, 0.15) is 5.01 Å². The number of aromatic nitrogens is 1. The van der Waals surface area contributed by atoms with Gasteiger partial charge in [-0.05, 0) is 28.1 Å². The Labute approximate surface area is 111 Å². The number of amides is 1. The van der Waals surface area contributed by atoms with Gasteiger partial charge in [-0.3, -0.25) is 4.79 Å². The van der Waals surface area contributed by atoms with E-state index in [2.05, 4.69) is 26.2 Å². The predicted molar refractivity (Wildman–Crippen MR) is 71.8 cm³/mol. The van der Waals surface area contributed by atoms with E-state index in [1.54, 1.807) is 24.4 Å². The number of nitrogens with zero attached hydrogens (tertiary/aromatic N) is 1. The highest BCUT2D eigenvalue weighted by atomic mass is 79.9. The van der Waals surface area contributed by atoms with Crippen LogP contribution < -0.4 is 11.1 Å². The van der Waals surface area contributed by atoms with E-state index in [0.717, 1.165) is 9.48 Å². The molecule has 1 aromatic carbocycles. The number of benzene rings is 1. The van der Waals surface area contributed by atoms with Crippen molar-refractivity contribution in [1.29, 1.82) is 0 Å². The van der Waals surface area contributed by atoms with Crippen LogP contribution in [0.3, 0.4) is 0 Å². The first-order valence-electron chi connectivity index (χ1n) is 4.89. The molecule has 0 unspecified atom stereocenters. The van der Waals surface area contributed by atoms with Crippen LogP contribution in [0.1, 0.15) is 15.4 Å². The van der Waals surface area contributed by atoms with E-state index < -0.39 is 0 Å². The summed E-state index contributed by atoms with van der Waals surface area (Å²) in [4.78, 5) is 16.0. The van der Waals surface area contributed by atoms with E-state index in [9.17, 15) is 4.79 Å². The molecule has 3 N–H and O–H groups in total. The SMILES string of the molecule is Nc1c(Br)cccc1C(=O)NCc1nccs1. The van der Waals surface area contributed by atoms with Crippen molar-refractivity contribution in [2.45, 2.75) is 6.54 Å². The molecule has 1 amide bonds. The first-order valence-corrected chi connectivity index (χ1v) is 6.56. The highest BCUT2D eigenvalue weighted by Gasteiger charge is 2.11. The van der Waals surface area contributed by atoms with Crippen LogP contribution in [0.5, 0.6) is 0 Å². The van der Waals surface area contributed by atoms with Gasteiger partial charge >= 0.3 is 0 Å². The summed E-state index contributed by atoms with van der Waals surface area (Å²) >= 11 is 4.79. The topological polar surface area (TPSA) is 68.0 Å². The maximum Gasteiger partial charge on any atom is 0.253 e. The third-order valence-electron chi connectivity index (χ3n) is 2.18. The fourth-order valence-electron chi connectivity index (χ4n) is 1.33.